The number of halogens is 1. The molecule has 114 valence electrons. The van der Waals surface area contributed by atoms with Crippen molar-refractivity contribution in [1.29, 1.82) is 0 Å². The largest absolute Gasteiger partial charge is 0.292 e. The number of alkyl halides is 1. The van der Waals surface area contributed by atoms with Gasteiger partial charge < -0.3 is 0 Å². The van der Waals surface area contributed by atoms with Gasteiger partial charge in [0.2, 0.25) is 5.13 Å². The minimum Gasteiger partial charge on any atom is -0.292 e. The molecule has 2 heterocycles. The molecule has 2 rings (SSSR count). The molecular weight excluding hydrogens is 306 g/mol. The number of aromatic nitrogens is 3. The molecule has 0 aliphatic carbocycles. The molecule has 1 unspecified atom stereocenters. The second kappa shape index (κ2) is 6.28. The van der Waals surface area contributed by atoms with E-state index in [0.717, 1.165) is 27.9 Å². The van der Waals surface area contributed by atoms with Crippen LogP contribution in [0.5, 0.6) is 0 Å². The standard InChI is InChI=1S/C15H20ClN3OS/c1-8(2)6-13-17-18-15(21-13)19-9(3)7-12(11(19)5)14(20)10(4)16/h7-8,10H,6H2,1-5H3. The fourth-order valence-corrected chi connectivity index (χ4v) is 3.57. The van der Waals surface area contributed by atoms with E-state index in [9.17, 15) is 4.79 Å². The van der Waals surface area contributed by atoms with Crippen molar-refractivity contribution in [3.8, 4) is 5.13 Å². The average molecular weight is 326 g/mol. The lowest BCUT2D eigenvalue weighted by Crippen LogP contribution is -2.11. The van der Waals surface area contributed by atoms with Crippen LogP contribution in [0.15, 0.2) is 6.07 Å². The number of Topliss-reactive ketones (excluding diaryl/α,β-unsaturated/α-hetero) is 1. The number of aryl methyl sites for hydroxylation is 1. The zero-order valence-corrected chi connectivity index (χ0v) is 14.5. The Morgan fingerprint density at radius 3 is 2.57 bits per heavy atom. The Morgan fingerprint density at radius 2 is 2.00 bits per heavy atom. The molecule has 0 aliphatic rings. The van der Waals surface area contributed by atoms with Gasteiger partial charge in [0.1, 0.15) is 5.01 Å². The number of nitrogens with zero attached hydrogens (tertiary/aromatic N) is 3. The Hall–Kier alpha value is -1.20. The first-order valence-electron chi connectivity index (χ1n) is 7.01. The average Bonchev–Trinajstić information content (AvgIpc) is 2.92. The second-order valence-corrected chi connectivity index (χ2v) is 7.37. The monoisotopic (exact) mass is 325 g/mol. The Labute approximate surface area is 134 Å². The lowest BCUT2D eigenvalue weighted by Gasteiger charge is -2.05. The molecule has 0 saturated carbocycles. The van der Waals surface area contributed by atoms with Gasteiger partial charge in [0.15, 0.2) is 5.78 Å². The van der Waals surface area contributed by atoms with E-state index in [2.05, 4.69) is 24.0 Å². The van der Waals surface area contributed by atoms with Gasteiger partial charge >= 0.3 is 0 Å². The van der Waals surface area contributed by atoms with Crippen molar-refractivity contribution in [3.05, 3.63) is 28.0 Å². The van der Waals surface area contributed by atoms with E-state index in [4.69, 9.17) is 11.6 Å². The zero-order chi connectivity index (χ0) is 15.7. The van der Waals surface area contributed by atoms with E-state index in [1.54, 1.807) is 18.3 Å². The first-order chi connectivity index (χ1) is 9.81. The van der Waals surface area contributed by atoms with Crippen LogP contribution in [0.25, 0.3) is 5.13 Å². The zero-order valence-electron chi connectivity index (χ0n) is 13.0. The third kappa shape index (κ3) is 3.35. The molecule has 0 radical (unpaired) electrons. The summed E-state index contributed by atoms with van der Waals surface area (Å²) in [6.45, 7) is 9.90. The van der Waals surface area contributed by atoms with Crippen molar-refractivity contribution < 1.29 is 4.79 Å². The van der Waals surface area contributed by atoms with Crippen LogP contribution in [0.3, 0.4) is 0 Å². The van der Waals surface area contributed by atoms with Gasteiger partial charge in [-0.15, -0.1) is 21.8 Å². The lowest BCUT2D eigenvalue weighted by molar-refractivity contribution is 0.0991. The van der Waals surface area contributed by atoms with Crippen LogP contribution < -0.4 is 0 Å². The number of hydrogen-bond donors (Lipinski definition) is 0. The predicted octanol–water partition coefficient (Wildman–Crippen LogP) is 3.95. The molecule has 2 aromatic heterocycles. The summed E-state index contributed by atoms with van der Waals surface area (Å²) in [5, 5.41) is 9.81. The summed E-state index contributed by atoms with van der Waals surface area (Å²) in [7, 11) is 0. The van der Waals surface area contributed by atoms with Gasteiger partial charge in [0.05, 0.1) is 5.38 Å². The summed E-state index contributed by atoms with van der Waals surface area (Å²) in [5.74, 6) is 0.495. The molecule has 6 heteroatoms. The fraction of sp³-hybridized carbons (Fsp3) is 0.533. The van der Waals surface area contributed by atoms with E-state index in [0.29, 0.717) is 11.5 Å². The Morgan fingerprint density at radius 1 is 1.33 bits per heavy atom. The molecule has 21 heavy (non-hydrogen) atoms. The molecule has 4 nitrogen and oxygen atoms in total. The minimum atomic E-state index is -0.523. The molecule has 0 aromatic carbocycles. The van der Waals surface area contributed by atoms with Crippen LogP contribution in [0.1, 0.15) is 47.5 Å². The third-order valence-corrected chi connectivity index (χ3v) is 4.42. The number of carbonyl (C=O) groups excluding carboxylic acids is 1. The topological polar surface area (TPSA) is 47.8 Å². The van der Waals surface area contributed by atoms with E-state index in [1.807, 2.05) is 24.5 Å². The van der Waals surface area contributed by atoms with Crippen LogP contribution in [0.2, 0.25) is 0 Å². The van der Waals surface area contributed by atoms with Gasteiger partial charge in [-0.05, 0) is 32.8 Å². The molecule has 2 aromatic rings. The van der Waals surface area contributed by atoms with Crippen molar-refractivity contribution in [2.75, 3.05) is 0 Å². The molecule has 0 bridgehead atoms. The highest BCUT2D eigenvalue weighted by atomic mass is 35.5. The number of hydrogen-bond acceptors (Lipinski definition) is 4. The molecule has 0 saturated heterocycles. The molecular formula is C15H20ClN3OS. The number of carbonyl (C=O) groups is 1. The van der Waals surface area contributed by atoms with Gasteiger partial charge in [-0.2, -0.15) is 0 Å². The quantitative estimate of drug-likeness (QED) is 0.617. The van der Waals surface area contributed by atoms with Crippen LogP contribution in [-0.4, -0.2) is 25.9 Å². The van der Waals surface area contributed by atoms with Gasteiger partial charge in [0, 0.05) is 23.4 Å². The van der Waals surface area contributed by atoms with Crippen molar-refractivity contribution in [1.82, 2.24) is 14.8 Å². The van der Waals surface area contributed by atoms with Crippen molar-refractivity contribution in [3.63, 3.8) is 0 Å². The summed E-state index contributed by atoms with van der Waals surface area (Å²) in [6, 6.07) is 1.88. The van der Waals surface area contributed by atoms with E-state index < -0.39 is 5.38 Å². The fourth-order valence-electron chi connectivity index (χ4n) is 2.29. The van der Waals surface area contributed by atoms with Gasteiger partial charge in [0.25, 0.3) is 0 Å². The maximum absolute atomic E-state index is 12.1. The van der Waals surface area contributed by atoms with Crippen LogP contribution >= 0.6 is 22.9 Å². The SMILES string of the molecule is Cc1cc(C(=O)C(C)Cl)c(C)n1-c1nnc(CC(C)C)s1. The highest BCUT2D eigenvalue weighted by molar-refractivity contribution is 7.13. The first kappa shape index (κ1) is 16.2. The summed E-state index contributed by atoms with van der Waals surface area (Å²) >= 11 is 7.49. The molecule has 1 atom stereocenters. The lowest BCUT2D eigenvalue weighted by atomic mass is 10.1. The Bertz CT molecular complexity index is 658. The molecule has 0 spiro atoms. The van der Waals surface area contributed by atoms with Gasteiger partial charge in [-0.25, -0.2) is 0 Å². The van der Waals surface area contributed by atoms with Gasteiger partial charge in [-0.3, -0.25) is 9.36 Å². The second-order valence-electron chi connectivity index (χ2n) is 5.68. The Balaban J connectivity index is 2.41. The van der Waals surface area contributed by atoms with Gasteiger partial charge in [-0.1, -0.05) is 25.2 Å². The predicted molar refractivity (Wildman–Crippen MR) is 86.9 cm³/mol. The third-order valence-electron chi connectivity index (χ3n) is 3.29. The molecule has 0 N–H and O–H groups in total. The smallest absolute Gasteiger partial charge is 0.216 e. The summed E-state index contributed by atoms with van der Waals surface area (Å²) in [5.41, 5.74) is 2.51. The normalized spacial score (nSPS) is 12.9. The summed E-state index contributed by atoms with van der Waals surface area (Å²) in [4.78, 5) is 12.1. The molecule has 0 fully saturated rings. The maximum atomic E-state index is 12.1. The molecule has 0 aliphatic heterocycles. The van der Waals surface area contributed by atoms with Crippen molar-refractivity contribution in [2.24, 2.45) is 5.92 Å². The van der Waals surface area contributed by atoms with Crippen molar-refractivity contribution >= 4 is 28.7 Å². The van der Waals surface area contributed by atoms with Crippen LogP contribution in [0.4, 0.5) is 0 Å². The highest BCUT2D eigenvalue weighted by Crippen LogP contribution is 2.25. The summed E-state index contributed by atoms with van der Waals surface area (Å²) in [6.07, 6.45) is 0.918. The van der Waals surface area contributed by atoms with E-state index >= 15 is 0 Å². The highest BCUT2D eigenvalue weighted by Gasteiger charge is 2.21. The van der Waals surface area contributed by atoms with Crippen molar-refractivity contribution in [2.45, 2.75) is 46.4 Å². The molecule has 0 amide bonds. The van der Waals surface area contributed by atoms with Crippen LogP contribution in [-0.2, 0) is 6.42 Å². The number of rotatable bonds is 5. The summed E-state index contributed by atoms with van der Waals surface area (Å²) < 4.78 is 1.98. The maximum Gasteiger partial charge on any atom is 0.216 e. The van der Waals surface area contributed by atoms with Crippen LogP contribution in [0, 0.1) is 19.8 Å². The Kier molecular flexibility index (Phi) is 4.84. The van der Waals surface area contributed by atoms with E-state index in [1.165, 1.54) is 0 Å². The first-order valence-corrected chi connectivity index (χ1v) is 8.26. The minimum absolute atomic E-state index is 0.0528. The number of ketones is 1. The van der Waals surface area contributed by atoms with E-state index in [-0.39, 0.29) is 5.78 Å².